The molecule has 24 heavy (non-hydrogen) atoms. The van der Waals surface area contributed by atoms with Crippen LogP contribution in [0.4, 0.5) is 0 Å². The van der Waals surface area contributed by atoms with E-state index >= 15 is 0 Å². The second-order valence-electron chi connectivity index (χ2n) is 5.82. The highest BCUT2D eigenvalue weighted by atomic mass is 79.9. The molecule has 124 valence electrons. The maximum absolute atomic E-state index is 12.6. The predicted molar refractivity (Wildman–Crippen MR) is 96.8 cm³/mol. The Morgan fingerprint density at radius 3 is 2.08 bits per heavy atom. The molecule has 1 heterocycles. The topological polar surface area (TPSA) is 40.6 Å². The number of halogens is 1. The van der Waals surface area contributed by atoms with Crippen molar-refractivity contribution in [3.8, 4) is 0 Å². The van der Waals surface area contributed by atoms with Gasteiger partial charge in [-0.3, -0.25) is 9.59 Å². The van der Waals surface area contributed by atoms with Crippen molar-refractivity contribution < 1.29 is 9.59 Å². The summed E-state index contributed by atoms with van der Waals surface area (Å²) >= 11 is 3.42. The zero-order chi connectivity index (χ0) is 16.9. The largest absolute Gasteiger partial charge is 0.339 e. The summed E-state index contributed by atoms with van der Waals surface area (Å²) in [5.41, 5.74) is 1.69. The van der Waals surface area contributed by atoms with Crippen molar-refractivity contribution in [2.75, 3.05) is 26.2 Å². The van der Waals surface area contributed by atoms with Gasteiger partial charge in [0.15, 0.2) is 0 Å². The van der Waals surface area contributed by atoms with E-state index in [0.29, 0.717) is 38.2 Å². The third-order valence-corrected chi connectivity index (χ3v) is 4.91. The lowest BCUT2D eigenvalue weighted by Gasteiger charge is -2.35. The van der Waals surface area contributed by atoms with Gasteiger partial charge in [0.25, 0.3) is 5.91 Å². The molecule has 0 N–H and O–H groups in total. The fraction of sp³-hybridized carbons (Fsp3) is 0.263. The molecule has 2 amide bonds. The van der Waals surface area contributed by atoms with Crippen LogP contribution in [0.2, 0.25) is 0 Å². The molecule has 0 spiro atoms. The molecular formula is C19H19BrN2O2. The van der Waals surface area contributed by atoms with Gasteiger partial charge in [-0.05, 0) is 33.6 Å². The van der Waals surface area contributed by atoms with Crippen LogP contribution < -0.4 is 0 Å². The van der Waals surface area contributed by atoms with Crippen molar-refractivity contribution >= 4 is 27.7 Å². The monoisotopic (exact) mass is 386 g/mol. The highest BCUT2D eigenvalue weighted by Gasteiger charge is 2.25. The second kappa shape index (κ2) is 7.62. The Hall–Kier alpha value is -2.14. The van der Waals surface area contributed by atoms with Crippen LogP contribution in [-0.2, 0) is 11.2 Å². The summed E-state index contributed by atoms with van der Waals surface area (Å²) in [5.74, 6) is 0.131. The minimum Gasteiger partial charge on any atom is -0.339 e. The smallest absolute Gasteiger partial charge is 0.255 e. The number of hydrogen-bond donors (Lipinski definition) is 0. The van der Waals surface area contributed by atoms with Gasteiger partial charge in [-0.2, -0.15) is 0 Å². The first kappa shape index (κ1) is 16.7. The van der Waals surface area contributed by atoms with Crippen LogP contribution in [0.5, 0.6) is 0 Å². The molecule has 0 radical (unpaired) electrons. The molecule has 1 aliphatic rings. The number of piperazine rings is 1. The summed E-state index contributed by atoms with van der Waals surface area (Å²) in [5, 5.41) is 0. The van der Waals surface area contributed by atoms with Gasteiger partial charge in [-0.1, -0.05) is 42.5 Å². The van der Waals surface area contributed by atoms with Gasteiger partial charge >= 0.3 is 0 Å². The van der Waals surface area contributed by atoms with Crippen molar-refractivity contribution in [1.82, 2.24) is 9.80 Å². The summed E-state index contributed by atoms with van der Waals surface area (Å²) in [6, 6.07) is 17.2. The number of carbonyl (C=O) groups excluding carboxylic acids is 2. The van der Waals surface area contributed by atoms with Crippen molar-refractivity contribution in [2.45, 2.75) is 6.42 Å². The minimum absolute atomic E-state index is 0.0117. The molecule has 0 atom stereocenters. The van der Waals surface area contributed by atoms with Crippen LogP contribution in [0.15, 0.2) is 59.1 Å². The lowest BCUT2D eigenvalue weighted by atomic mass is 10.1. The van der Waals surface area contributed by atoms with Gasteiger partial charge < -0.3 is 9.80 Å². The maximum Gasteiger partial charge on any atom is 0.255 e. The Balaban J connectivity index is 1.57. The van der Waals surface area contributed by atoms with E-state index in [2.05, 4.69) is 15.9 Å². The molecule has 0 unspecified atom stereocenters. The summed E-state index contributed by atoms with van der Waals surface area (Å²) in [7, 11) is 0. The Kier molecular flexibility index (Phi) is 5.30. The van der Waals surface area contributed by atoms with Gasteiger partial charge in [-0.25, -0.2) is 0 Å². The molecule has 4 nitrogen and oxygen atoms in total. The van der Waals surface area contributed by atoms with E-state index in [9.17, 15) is 9.59 Å². The number of carbonyl (C=O) groups is 2. The maximum atomic E-state index is 12.6. The molecule has 0 aliphatic carbocycles. The van der Waals surface area contributed by atoms with Crippen LogP contribution in [0.1, 0.15) is 15.9 Å². The molecule has 5 heteroatoms. The second-order valence-corrected chi connectivity index (χ2v) is 6.67. The Labute approximate surface area is 150 Å². The van der Waals surface area contributed by atoms with E-state index in [0.717, 1.165) is 10.0 Å². The predicted octanol–water partition coefficient (Wildman–Crippen LogP) is 2.98. The molecule has 0 aromatic heterocycles. The fourth-order valence-electron chi connectivity index (χ4n) is 2.85. The minimum atomic E-state index is 0.0117. The molecular weight excluding hydrogens is 368 g/mol. The van der Waals surface area contributed by atoms with Gasteiger partial charge in [0.2, 0.25) is 5.91 Å². The molecule has 1 saturated heterocycles. The van der Waals surface area contributed by atoms with E-state index in [1.165, 1.54) is 0 Å². The van der Waals surface area contributed by atoms with E-state index in [1.54, 1.807) is 0 Å². The normalized spacial score (nSPS) is 14.5. The lowest BCUT2D eigenvalue weighted by Crippen LogP contribution is -2.51. The first-order chi connectivity index (χ1) is 11.6. The highest BCUT2D eigenvalue weighted by Crippen LogP contribution is 2.19. The molecule has 0 saturated carbocycles. The number of rotatable bonds is 3. The fourth-order valence-corrected chi connectivity index (χ4v) is 3.30. The quantitative estimate of drug-likeness (QED) is 0.813. The molecule has 2 aromatic rings. The molecule has 1 fully saturated rings. The molecule has 0 bridgehead atoms. The van der Waals surface area contributed by atoms with Crippen molar-refractivity contribution in [3.05, 3.63) is 70.2 Å². The van der Waals surface area contributed by atoms with Crippen LogP contribution in [0.25, 0.3) is 0 Å². The van der Waals surface area contributed by atoms with Crippen LogP contribution >= 0.6 is 15.9 Å². The van der Waals surface area contributed by atoms with Gasteiger partial charge in [0, 0.05) is 30.7 Å². The van der Waals surface area contributed by atoms with Crippen molar-refractivity contribution in [2.24, 2.45) is 0 Å². The average molecular weight is 387 g/mol. The van der Waals surface area contributed by atoms with Gasteiger partial charge in [0.05, 0.1) is 12.0 Å². The van der Waals surface area contributed by atoms with Crippen LogP contribution in [0, 0.1) is 0 Å². The highest BCUT2D eigenvalue weighted by molar-refractivity contribution is 9.10. The summed E-state index contributed by atoms with van der Waals surface area (Å²) in [4.78, 5) is 28.6. The molecule has 3 rings (SSSR count). The Bertz CT molecular complexity index is 725. The Morgan fingerprint density at radius 1 is 0.833 bits per heavy atom. The summed E-state index contributed by atoms with van der Waals surface area (Å²) < 4.78 is 0.803. The SMILES string of the molecule is O=C(Cc1ccccc1)N1CCN(C(=O)c2ccccc2Br)CC1. The summed E-state index contributed by atoms with van der Waals surface area (Å²) in [6.07, 6.45) is 0.416. The number of nitrogens with zero attached hydrogens (tertiary/aromatic N) is 2. The Morgan fingerprint density at radius 2 is 1.42 bits per heavy atom. The van der Waals surface area contributed by atoms with Crippen molar-refractivity contribution in [1.29, 1.82) is 0 Å². The lowest BCUT2D eigenvalue weighted by molar-refractivity contribution is -0.131. The van der Waals surface area contributed by atoms with E-state index in [1.807, 2.05) is 64.4 Å². The number of hydrogen-bond acceptors (Lipinski definition) is 2. The third kappa shape index (κ3) is 3.85. The van der Waals surface area contributed by atoms with E-state index in [4.69, 9.17) is 0 Å². The van der Waals surface area contributed by atoms with Gasteiger partial charge in [-0.15, -0.1) is 0 Å². The van der Waals surface area contributed by atoms with E-state index < -0.39 is 0 Å². The van der Waals surface area contributed by atoms with Crippen molar-refractivity contribution in [3.63, 3.8) is 0 Å². The summed E-state index contributed by atoms with van der Waals surface area (Å²) in [6.45, 7) is 2.31. The zero-order valence-electron chi connectivity index (χ0n) is 13.3. The van der Waals surface area contributed by atoms with Gasteiger partial charge in [0.1, 0.15) is 0 Å². The molecule has 2 aromatic carbocycles. The average Bonchev–Trinajstić information content (AvgIpc) is 2.62. The van der Waals surface area contributed by atoms with Crippen LogP contribution in [0.3, 0.4) is 0 Å². The van der Waals surface area contributed by atoms with Crippen LogP contribution in [-0.4, -0.2) is 47.8 Å². The zero-order valence-corrected chi connectivity index (χ0v) is 14.9. The number of amides is 2. The standard InChI is InChI=1S/C19H19BrN2O2/c20-17-9-5-4-8-16(17)19(24)22-12-10-21(11-13-22)18(23)14-15-6-2-1-3-7-15/h1-9H,10-14H2. The first-order valence-electron chi connectivity index (χ1n) is 8.00. The van der Waals surface area contributed by atoms with E-state index in [-0.39, 0.29) is 11.8 Å². The first-order valence-corrected chi connectivity index (χ1v) is 8.80. The molecule has 1 aliphatic heterocycles. The third-order valence-electron chi connectivity index (χ3n) is 4.22. The number of benzene rings is 2.